The summed E-state index contributed by atoms with van der Waals surface area (Å²) in [6, 6.07) is 0.563. The van der Waals surface area contributed by atoms with Crippen LogP contribution in [0, 0.1) is 0 Å². The Hall–Kier alpha value is -0.390. The fourth-order valence-electron chi connectivity index (χ4n) is 2.95. The molecular formula is C13H25N3OS. The molecule has 0 aromatic heterocycles. The number of rotatable bonds is 4. The van der Waals surface area contributed by atoms with E-state index in [-0.39, 0.29) is 0 Å². The molecule has 2 aliphatic rings. The molecule has 4 nitrogen and oxygen atoms in total. The van der Waals surface area contributed by atoms with Crippen LogP contribution in [-0.2, 0) is 4.74 Å². The first-order valence-corrected chi connectivity index (χ1v) is 7.56. The van der Waals surface area contributed by atoms with Crippen LogP contribution in [0.4, 0.5) is 0 Å². The molecule has 0 amide bonds. The van der Waals surface area contributed by atoms with Gasteiger partial charge in [-0.05, 0) is 31.5 Å². The summed E-state index contributed by atoms with van der Waals surface area (Å²) in [5.41, 5.74) is 5.88. The zero-order valence-corrected chi connectivity index (χ0v) is 11.9. The van der Waals surface area contributed by atoms with Gasteiger partial charge in [-0.15, -0.1) is 0 Å². The lowest BCUT2D eigenvalue weighted by molar-refractivity contribution is 0.0185. The van der Waals surface area contributed by atoms with E-state index in [1.54, 1.807) is 0 Å². The summed E-state index contributed by atoms with van der Waals surface area (Å²) in [7, 11) is 0. The molecule has 1 heterocycles. The lowest BCUT2D eigenvalue weighted by atomic mass is 9.94. The van der Waals surface area contributed by atoms with Crippen LogP contribution in [0.1, 0.15) is 38.5 Å². The minimum Gasteiger partial charge on any atom is -0.376 e. The van der Waals surface area contributed by atoms with Crippen molar-refractivity contribution < 1.29 is 4.74 Å². The summed E-state index contributed by atoms with van der Waals surface area (Å²) in [5, 5.41) is 3.92. The van der Waals surface area contributed by atoms with Crippen molar-refractivity contribution in [2.24, 2.45) is 5.73 Å². The largest absolute Gasteiger partial charge is 0.376 e. The van der Waals surface area contributed by atoms with Gasteiger partial charge in [-0.25, -0.2) is 0 Å². The second kappa shape index (κ2) is 7.26. The molecule has 1 aliphatic carbocycles. The third-order valence-corrected chi connectivity index (χ3v) is 4.23. The molecule has 1 unspecified atom stereocenters. The van der Waals surface area contributed by atoms with Gasteiger partial charge >= 0.3 is 0 Å². The molecule has 0 bridgehead atoms. The second-order valence-electron chi connectivity index (χ2n) is 5.31. The molecule has 2 fully saturated rings. The van der Waals surface area contributed by atoms with E-state index in [4.69, 9.17) is 22.7 Å². The molecule has 18 heavy (non-hydrogen) atoms. The van der Waals surface area contributed by atoms with Crippen molar-refractivity contribution in [3.63, 3.8) is 0 Å². The zero-order valence-electron chi connectivity index (χ0n) is 11.1. The lowest BCUT2D eigenvalue weighted by Gasteiger charge is -2.36. The van der Waals surface area contributed by atoms with Crippen LogP contribution in [0.3, 0.4) is 0 Å². The molecule has 0 aromatic rings. The molecule has 5 heteroatoms. The maximum absolute atomic E-state index is 5.88. The lowest BCUT2D eigenvalue weighted by Crippen LogP contribution is -2.47. The van der Waals surface area contributed by atoms with Gasteiger partial charge in [0.05, 0.1) is 12.7 Å². The molecule has 3 N–H and O–H groups in total. The van der Waals surface area contributed by atoms with Gasteiger partial charge in [-0.1, -0.05) is 19.3 Å². The number of nitrogens with zero attached hydrogens (tertiary/aromatic N) is 1. The number of morpholine rings is 1. The van der Waals surface area contributed by atoms with Crippen molar-refractivity contribution in [1.29, 1.82) is 0 Å². The number of thiocarbonyl (C=S) groups is 1. The zero-order chi connectivity index (χ0) is 12.8. The fourth-order valence-corrected chi connectivity index (χ4v) is 3.19. The van der Waals surface area contributed by atoms with Crippen molar-refractivity contribution in [1.82, 2.24) is 10.2 Å². The standard InChI is InChI=1S/C13H25N3OS/c14-13(18)16(11-4-2-1-3-5-11)8-6-12-10-15-7-9-17-12/h11-12,15H,1-10H2,(H2,14,18). The van der Waals surface area contributed by atoms with E-state index in [9.17, 15) is 0 Å². The molecule has 1 saturated carbocycles. The van der Waals surface area contributed by atoms with Crippen LogP contribution in [0.5, 0.6) is 0 Å². The molecule has 0 radical (unpaired) electrons. The van der Waals surface area contributed by atoms with Crippen LogP contribution >= 0.6 is 12.2 Å². The van der Waals surface area contributed by atoms with Gasteiger partial charge in [0.1, 0.15) is 0 Å². The van der Waals surface area contributed by atoms with Crippen LogP contribution in [0.15, 0.2) is 0 Å². The molecule has 0 spiro atoms. The highest BCUT2D eigenvalue weighted by Crippen LogP contribution is 2.23. The molecule has 104 valence electrons. The van der Waals surface area contributed by atoms with E-state index in [2.05, 4.69) is 10.2 Å². The van der Waals surface area contributed by atoms with Gasteiger partial charge in [-0.3, -0.25) is 0 Å². The van der Waals surface area contributed by atoms with Crippen molar-refractivity contribution >= 4 is 17.3 Å². The summed E-state index contributed by atoms with van der Waals surface area (Å²) in [5.74, 6) is 0. The van der Waals surface area contributed by atoms with Gasteiger partial charge in [0, 0.05) is 25.7 Å². The van der Waals surface area contributed by atoms with Gasteiger partial charge in [-0.2, -0.15) is 0 Å². The van der Waals surface area contributed by atoms with Gasteiger partial charge in [0.2, 0.25) is 0 Å². The first-order valence-electron chi connectivity index (χ1n) is 7.16. The van der Waals surface area contributed by atoms with Crippen molar-refractivity contribution in [2.45, 2.75) is 50.7 Å². The maximum atomic E-state index is 5.88. The van der Waals surface area contributed by atoms with E-state index in [0.717, 1.165) is 32.7 Å². The Kier molecular flexibility index (Phi) is 5.66. The van der Waals surface area contributed by atoms with E-state index in [1.807, 2.05) is 0 Å². The number of ether oxygens (including phenoxy) is 1. The minimum atomic E-state index is 0.319. The smallest absolute Gasteiger partial charge is 0.166 e. The van der Waals surface area contributed by atoms with Crippen LogP contribution < -0.4 is 11.1 Å². The number of hydrogen-bond acceptors (Lipinski definition) is 3. The maximum Gasteiger partial charge on any atom is 0.166 e. The van der Waals surface area contributed by atoms with Gasteiger partial charge < -0.3 is 20.7 Å². The highest BCUT2D eigenvalue weighted by Gasteiger charge is 2.23. The highest BCUT2D eigenvalue weighted by molar-refractivity contribution is 7.80. The van der Waals surface area contributed by atoms with E-state index in [1.165, 1.54) is 32.1 Å². The molecule has 1 atom stereocenters. The van der Waals surface area contributed by atoms with Crippen LogP contribution in [0.2, 0.25) is 0 Å². The summed E-state index contributed by atoms with van der Waals surface area (Å²) in [6.07, 6.45) is 7.79. The average molecular weight is 271 g/mol. The Morgan fingerprint density at radius 3 is 2.72 bits per heavy atom. The number of nitrogens with two attached hydrogens (primary N) is 1. The van der Waals surface area contributed by atoms with Gasteiger partial charge in [0.25, 0.3) is 0 Å². The summed E-state index contributed by atoms with van der Waals surface area (Å²) < 4.78 is 5.72. The average Bonchev–Trinajstić information content (AvgIpc) is 2.41. The summed E-state index contributed by atoms with van der Waals surface area (Å²) >= 11 is 5.21. The van der Waals surface area contributed by atoms with E-state index >= 15 is 0 Å². The van der Waals surface area contributed by atoms with E-state index < -0.39 is 0 Å². The Morgan fingerprint density at radius 1 is 1.33 bits per heavy atom. The Balaban J connectivity index is 1.79. The topological polar surface area (TPSA) is 50.5 Å². The Labute approximate surface area is 115 Å². The first-order chi connectivity index (χ1) is 8.77. The third kappa shape index (κ3) is 4.07. The number of nitrogens with one attached hydrogen (secondary N) is 1. The first kappa shape index (κ1) is 14.0. The van der Waals surface area contributed by atoms with Crippen LogP contribution in [-0.4, -0.2) is 48.4 Å². The Morgan fingerprint density at radius 2 is 2.11 bits per heavy atom. The van der Waals surface area contributed by atoms with Crippen molar-refractivity contribution in [2.75, 3.05) is 26.2 Å². The quantitative estimate of drug-likeness (QED) is 0.754. The molecular weight excluding hydrogens is 246 g/mol. The van der Waals surface area contributed by atoms with Crippen molar-refractivity contribution in [3.8, 4) is 0 Å². The fraction of sp³-hybridized carbons (Fsp3) is 0.923. The summed E-state index contributed by atoms with van der Waals surface area (Å²) in [6.45, 7) is 3.68. The molecule has 1 saturated heterocycles. The molecule has 2 rings (SSSR count). The number of hydrogen-bond donors (Lipinski definition) is 2. The van der Waals surface area contributed by atoms with E-state index in [0.29, 0.717) is 17.3 Å². The summed E-state index contributed by atoms with van der Waals surface area (Å²) in [4.78, 5) is 2.23. The predicted molar refractivity (Wildman–Crippen MR) is 77.6 cm³/mol. The normalized spacial score (nSPS) is 25.9. The Bertz CT molecular complexity index is 263. The van der Waals surface area contributed by atoms with Crippen LogP contribution in [0.25, 0.3) is 0 Å². The second-order valence-corrected chi connectivity index (χ2v) is 5.73. The van der Waals surface area contributed by atoms with Gasteiger partial charge in [0.15, 0.2) is 5.11 Å². The monoisotopic (exact) mass is 271 g/mol. The highest BCUT2D eigenvalue weighted by atomic mass is 32.1. The third-order valence-electron chi connectivity index (χ3n) is 3.99. The minimum absolute atomic E-state index is 0.319. The predicted octanol–water partition coefficient (Wildman–Crippen LogP) is 1.24. The molecule has 1 aliphatic heterocycles. The van der Waals surface area contributed by atoms with Crippen molar-refractivity contribution in [3.05, 3.63) is 0 Å². The SMILES string of the molecule is NC(=S)N(CCC1CNCCO1)C1CCCCC1. The molecule has 0 aromatic carbocycles.